The third-order valence-corrected chi connectivity index (χ3v) is 4.11. The number of aldehydes is 1. The Morgan fingerprint density at radius 1 is 0.792 bits per heavy atom. The molecule has 9 heteroatoms. The molecule has 1 rings (SSSR count). The third-order valence-electron chi connectivity index (χ3n) is 4.11. The van der Waals surface area contributed by atoms with Gasteiger partial charge in [-0.15, -0.1) is 0 Å². The van der Waals surface area contributed by atoms with E-state index in [4.69, 9.17) is 10.2 Å². The summed E-state index contributed by atoms with van der Waals surface area (Å²) in [4.78, 5) is 40.6. The maximum Gasteiger partial charge on any atom is 0.317 e. The summed E-state index contributed by atoms with van der Waals surface area (Å²) in [6.45, 7) is 5.14. The van der Waals surface area contributed by atoms with Gasteiger partial charge in [0.05, 0.1) is 19.6 Å². The van der Waals surface area contributed by atoms with Crippen LogP contribution in [0.4, 0.5) is 0 Å². The Bertz CT molecular complexity index is 421. The van der Waals surface area contributed by atoms with E-state index < -0.39 is 11.9 Å². The van der Waals surface area contributed by atoms with Crippen LogP contribution in [0.5, 0.6) is 0 Å². The lowest BCUT2D eigenvalue weighted by Crippen LogP contribution is -2.47. The van der Waals surface area contributed by atoms with Gasteiger partial charge in [-0.2, -0.15) is 0 Å². The Morgan fingerprint density at radius 3 is 1.58 bits per heavy atom. The van der Waals surface area contributed by atoms with Crippen LogP contribution in [0, 0.1) is 0 Å². The summed E-state index contributed by atoms with van der Waals surface area (Å²) in [6, 6.07) is 0. The fourth-order valence-electron chi connectivity index (χ4n) is 2.62. The van der Waals surface area contributed by atoms with Crippen LogP contribution in [0.1, 0.15) is 0 Å². The largest absolute Gasteiger partial charge is 0.480 e. The highest BCUT2D eigenvalue weighted by molar-refractivity contribution is 5.69. The molecule has 0 radical (unpaired) electrons. The van der Waals surface area contributed by atoms with E-state index in [1.807, 2.05) is 16.8 Å². The normalized spacial score (nSPS) is 20.9. The Kier molecular flexibility index (Phi) is 9.46. The van der Waals surface area contributed by atoms with Crippen LogP contribution in [-0.4, -0.2) is 127 Å². The minimum Gasteiger partial charge on any atom is -0.480 e. The van der Waals surface area contributed by atoms with Crippen molar-refractivity contribution in [1.82, 2.24) is 19.6 Å². The van der Waals surface area contributed by atoms with Crippen molar-refractivity contribution in [3.63, 3.8) is 0 Å². The lowest BCUT2D eigenvalue weighted by molar-refractivity contribution is -0.140. The molecule has 0 aromatic carbocycles. The summed E-state index contributed by atoms with van der Waals surface area (Å²) in [5.74, 6) is -1.79. The van der Waals surface area contributed by atoms with Crippen LogP contribution < -0.4 is 0 Å². The number of carboxylic acid groups (broad SMARTS) is 2. The van der Waals surface area contributed by atoms with Crippen molar-refractivity contribution in [2.45, 2.75) is 0 Å². The number of likely N-dealkylation sites (N-methyl/N-ethyl adjacent to an activating group) is 1. The van der Waals surface area contributed by atoms with E-state index in [1.54, 1.807) is 4.90 Å². The number of nitrogens with zero attached hydrogens (tertiary/aromatic N) is 4. The average Bonchev–Trinajstić information content (AvgIpc) is 2.49. The van der Waals surface area contributed by atoms with E-state index in [9.17, 15) is 14.4 Å². The quantitative estimate of drug-likeness (QED) is 0.540. The lowest BCUT2D eigenvalue weighted by Gasteiger charge is -2.31. The molecule has 0 atom stereocenters. The van der Waals surface area contributed by atoms with E-state index in [0.29, 0.717) is 39.3 Å². The Morgan fingerprint density at radius 2 is 1.17 bits per heavy atom. The van der Waals surface area contributed by atoms with Crippen LogP contribution in [0.15, 0.2) is 0 Å². The predicted molar refractivity (Wildman–Crippen MR) is 88.2 cm³/mol. The summed E-state index contributed by atoms with van der Waals surface area (Å²) < 4.78 is 0. The van der Waals surface area contributed by atoms with Gasteiger partial charge in [-0.1, -0.05) is 0 Å². The molecule has 0 unspecified atom stereocenters. The number of carbonyl (C=O) groups excluding carboxylic acids is 1. The van der Waals surface area contributed by atoms with Crippen molar-refractivity contribution >= 4 is 18.2 Å². The number of aliphatic carboxylic acids is 2. The van der Waals surface area contributed by atoms with Crippen molar-refractivity contribution in [1.29, 1.82) is 0 Å². The highest BCUT2D eigenvalue weighted by Crippen LogP contribution is 1.99. The minimum atomic E-state index is -0.909. The molecule has 0 saturated carbocycles. The molecule has 2 N–H and O–H groups in total. The molecule has 0 aliphatic carbocycles. The standard InChI is InChI=1S/C15H28N4O5/c1-16-2-4-17(10-11-20)6-7-19(13-15(23)24)9-8-18(5-3-16)12-14(21)22/h11H,2-10,12-13H2,1H3,(H,21,22)(H,23,24). The number of rotatable bonds is 6. The van der Waals surface area contributed by atoms with E-state index in [-0.39, 0.29) is 13.1 Å². The molecule has 0 aromatic heterocycles. The van der Waals surface area contributed by atoms with Gasteiger partial charge in [0, 0.05) is 52.4 Å². The van der Waals surface area contributed by atoms with Gasteiger partial charge < -0.3 is 19.9 Å². The van der Waals surface area contributed by atoms with E-state index >= 15 is 0 Å². The Balaban J connectivity index is 2.73. The zero-order valence-corrected chi connectivity index (χ0v) is 14.3. The zero-order chi connectivity index (χ0) is 17.9. The first-order valence-corrected chi connectivity index (χ1v) is 8.13. The molecular formula is C15H28N4O5. The van der Waals surface area contributed by atoms with Gasteiger partial charge in [0.1, 0.15) is 6.29 Å². The number of carbonyl (C=O) groups is 3. The van der Waals surface area contributed by atoms with E-state index in [0.717, 1.165) is 25.9 Å². The average molecular weight is 344 g/mol. The predicted octanol–water partition coefficient (Wildman–Crippen LogP) is -1.79. The van der Waals surface area contributed by atoms with Crippen LogP contribution in [-0.2, 0) is 14.4 Å². The smallest absolute Gasteiger partial charge is 0.317 e. The van der Waals surface area contributed by atoms with Crippen molar-refractivity contribution in [2.24, 2.45) is 0 Å². The monoisotopic (exact) mass is 344 g/mol. The first-order valence-electron chi connectivity index (χ1n) is 8.13. The topological polar surface area (TPSA) is 105 Å². The van der Waals surface area contributed by atoms with Crippen LogP contribution in [0.2, 0.25) is 0 Å². The number of carboxylic acids is 2. The summed E-state index contributed by atoms with van der Waals surface area (Å²) in [5.41, 5.74) is 0. The molecule has 0 bridgehead atoms. The molecular weight excluding hydrogens is 316 g/mol. The molecule has 1 aliphatic rings. The third kappa shape index (κ3) is 8.92. The van der Waals surface area contributed by atoms with Crippen molar-refractivity contribution in [3.8, 4) is 0 Å². The summed E-state index contributed by atoms with van der Waals surface area (Å²) >= 11 is 0. The highest BCUT2D eigenvalue weighted by Gasteiger charge is 2.17. The molecule has 0 aromatic rings. The van der Waals surface area contributed by atoms with Gasteiger partial charge in [0.2, 0.25) is 0 Å². The van der Waals surface area contributed by atoms with Gasteiger partial charge in [-0.05, 0) is 7.05 Å². The SMILES string of the molecule is CN1CCN(CC=O)CCN(CC(=O)O)CCN(CC(=O)O)CC1. The Labute approximate surface area is 142 Å². The van der Waals surface area contributed by atoms with Crippen molar-refractivity contribution in [2.75, 3.05) is 79.0 Å². The molecule has 138 valence electrons. The van der Waals surface area contributed by atoms with Gasteiger partial charge in [-0.3, -0.25) is 24.3 Å². The number of hydrogen-bond acceptors (Lipinski definition) is 7. The first-order chi connectivity index (χ1) is 11.4. The van der Waals surface area contributed by atoms with Gasteiger partial charge >= 0.3 is 11.9 Å². The molecule has 0 amide bonds. The fraction of sp³-hybridized carbons (Fsp3) is 0.800. The maximum absolute atomic E-state index is 11.0. The second kappa shape index (κ2) is 11.1. The second-order valence-corrected chi connectivity index (χ2v) is 6.11. The van der Waals surface area contributed by atoms with Gasteiger partial charge in [-0.25, -0.2) is 0 Å². The molecule has 1 fully saturated rings. The molecule has 1 heterocycles. The summed E-state index contributed by atoms with van der Waals surface area (Å²) in [6.07, 6.45) is 0.863. The first kappa shape index (κ1) is 20.5. The number of hydrogen-bond donors (Lipinski definition) is 2. The van der Waals surface area contributed by atoms with Crippen molar-refractivity contribution < 1.29 is 24.6 Å². The maximum atomic E-state index is 11.0. The van der Waals surface area contributed by atoms with Crippen molar-refractivity contribution in [3.05, 3.63) is 0 Å². The van der Waals surface area contributed by atoms with Crippen LogP contribution in [0.3, 0.4) is 0 Å². The highest BCUT2D eigenvalue weighted by atomic mass is 16.4. The molecule has 0 spiro atoms. The zero-order valence-electron chi connectivity index (χ0n) is 14.3. The Hall–Kier alpha value is -1.55. The van der Waals surface area contributed by atoms with E-state index in [2.05, 4.69) is 4.90 Å². The molecule has 1 saturated heterocycles. The summed E-state index contributed by atoms with van der Waals surface area (Å²) in [5, 5.41) is 18.1. The molecule has 9 nitrogen and oxygen atoms in total. The lowest BCUT2D eigenvalue weighted by atomic mass is 10.3. The molecule has 1 aliphatic heterocycles. The van der Waals surface area contributed by atoms with Crippen LogP contribution >= 0.6 is 0 Å². The van der Waals surface area contributed by atoms with Gasteiger partial charge in [0.25, 0.3) is 0 Å². The van der Waals surface area contributed by atoms with E-state index in [1.165, 1.54) is 0 Å². The summed E-state index contributed by atoms with van der Waals surface area (Å²) in [7, 11) is 1.97. The molecule has 24 heavy (non-hydrogen) atoms. The fourth-order valence-corrected chi connectivity index (χ4v) is 2.62. The van der Waals surface area contributed by atoms with Gasteiger partial charge in [0.15, 0.2) is 0 Å². The van der Waals surface area contributed by atoms with Crippen LogP contribution in [0.25, 0.3) is 0 Å². The second-order valence-electron chi connectivity index (χ2n) is 6.11. The minimum absolute atomic E-state index is 0.0496.